The van der Waals surface area contributed by atoms with E-state index in [9.17, 15) is 4.79 Å². The SMILES string of the molecule is CCc1ccc(C2c3c(-c4ccc(C)cc4)n[nH]c3C(=O)N2Cc2ccccc2Cl)cc1. The summed E-state index contributed by atoms with van der Waals surface area (Å²) in [5, 5.41) is 8.25. The van der Waals surface area contributed by atoms with Gasteiger partial charge < -0.3 is 4.90 Å². The van der Waals surface area contributed by atoms with Crippen LogP contribution in [0.4, 0.5) is 0 Å². The minimum Gasteiger partial charge on any atom is -0.322 e. The Morgan fingerprint density at radius 3 is 2.41 bits per heavy atom. The van der Waals surface area contributed by atoms with Gasteiger partial charge in [-0.25, -0.2) is 0 Å². The van der Waals surface area contributed by atoms with Crippen LogP contribution in [-0.2, 0) is 13.0 Å². The molecule has 5 heteroatoms. The van der Waals surface area contributed by atoms with Gasteiger partial charge >= 0.3 is 0 Å². The van der Waals surface area contributed by atoms with Gasteiger partial charge in [0.15, 0.2) is 0 Å². The van der Waals surface area contributed by atoms with Crippen LogP contribution in [-0.4, -0.2) is 21.0 Å². The summed E-state index contributed by atoms with van der Waals surface area (Å²) in [5.41, 5.74) is 7.73. The number of nitrogens with zero attached hydrogens (tertiary/aromatic N) is 2. The Hall–Kier alpha value is -3.37. The van der Waals surface area contributed by atoms with Crippen LogP contribution in [0.2, 0.25) is 5.02 Å². The number of hydrogen-bond donors (Lipinski definition) is 1. The summed E-state index contributed by atoms with van der Waals surface area (Å²) >= 11 is 6.45. The molecular weight excluding hydrogens is 418 g/mol. The third kappa shape index (κ3) is 3.51. The Balaban J connectivity index is 1.64. The highest BCUT2D eigenvalue weighted by Gasteiger charge is 2.42. The molecule has 0 bridgehead atoms. The molecule has 0 radical (unpaired) electrons. The van der Waals surface area contributed by atoms with Crippen LogP contribution in [0, 0.1) is 6.92 Å². The van der Waals surface area contributed by atoms with Crippen LogP contribution >= 0.6 is 11.6 Å². The van der Waals surface area contributed by atoms with Gasteiger partial charge in [0.25, 0.3) is 5.91 Å². The number of benzene rings is 3. The number of amides is 1. The maximum Gasteiger partial charge on any atom is 0.273 e. The number of fused-ring (bicyclic) bond motifs is 1. The number of aromatic nitrogens is 2. The summed E-state index contributed by atoms with van der Waals surface area (Å²) in [5.74, 6) is -0.0599. The number of nitrogens with one attached hydrogen (secondary N) is 1. The molecule has 1 unspecified atom stereocenters. The molecule has 1 amide bonds. The Morgan fingerprint density at radius 1 is 1.00 bits per heavy atom. The Morgan fingerprint density at radius 2 is 1.72 bits per heavy atom. The lowest BCUT2D eigenvalue weighted by Gasteiger charge is -2.27. The maximum absolute atomic E-state index is 13.5. The monoisotopic (exact) mass is 441 g/mol. The Labute approximate surface area is 192 Å². The van der Waals surface area contributed by atoms with E-state index < -0.39 is 0 Å². The molecule has 3 aromatic carbocycles. The standard InChI is InChI=1S/C27H24ClN3O/c1-3-18-10-14-20(15-11-18)26-23-24(19-12-8-17(2)9-13-19)29-30-25(23)27(32)31(26)16-21-6-4-5-7-22(21)28/h4-15,26H,3,16H2,1-2H3,(H,29,30). The topological polar surface area (TPSA) is 49.0 Å². The van der Waals surface area contributed by atoms with Gasteiger partial charge in [0.1, 0.15) is 5.69 Å². The lowest BCUT2D eigenvalue weighted by Crippen LogP contribution is -2.29. The van der Waals surface area contributed by atoms with E-state index in [1.54, 1.807) is 0 Å². The number of H-pyrrole nitrogens is 1. The van der Waals surface area contributed by atoms with Crippen molar-refractivity contribution in [3.63, 3.8) is 0 Å². The first-order valence-corrected chi connectivity index (χ1v) is 11.2. The molecule has 1 aromatic heterocycles. The molecule has 4 aromatic rings. The molecule has 1 aliphatic rings. The zero-order valence-electron chi connectivity index (χ0n) is 18.1. The zero-order chi connectivity index (χ0) is 22.2. The van der Waals surface area contributed by atoms with Crippen molar-refractivity contribution in [1.82, 2.24) is 15.1 Å². The van der Waals surface area contributed by atoms with Gasteiger partial charge in [-0.3, -0.25) is 9.89 Å². The van der Waals surface area contributed by atoms with Gasteiger partial charge in [0, 0.05) is 22.7 Å². The molecule has 32 heavy (non-hydrogen) atoms. The lowest BCUT2D eigenvalue weighted by atomic mass is 9.94. The van der Waals surface area contributed by atoms with Crippen LogP contribution in [0.25, 0.3) is 11.3 Å². The fourth-order valence-electron chi connectivity index (χ4n) is 4.38. The fourth-order valence-corrected chi connectivity index (χ4v) is 4.58. The highest BCUT2D eigenvalue weighted by Crippen LogP contribution is 2.43. The quantitative estimate of drug-likeness (QED) is 0.392. The number of hydrogen-bond acceptors (Lipinski definition) is 2. The highest BCUT2D eigenvalue weighted by atomic mass is 35.5. The van der Waals surface area contributed by atoms with E-state index in [0.717, 1.165) is 34.4 Å². The summed E-state index contributed by atoms with van der Waals surface area (Å²) in [6, 6.07) is 24.2. The molecule has 5 rings (SSSR count). The van der Waals surface area contributed by atoms with Gasteiger partial charge in [0.05, 0.1) is 11.7 Å². The van der Waals surface area contributed by atoms with Crippen LogP contribution in [0.1, 0.15) is 51.3 Å². The molecular formula is C27H24ClN3O. The first-order chi connectivity index (χ1) is 15.6. The minimum atomic E-state index is -0.241. The van der Waals surface area contributed by atoms with Crippen molar-refractivity contribution in [3.8, 4) is 11.3 Å². The summed E-state index contributed by atoms with van der Waals surface area (Å²) in [6.45, 7) is 4.63. The summed E-state index contributed by atoms with van der Waals surface area (Å²) in [7, 11) is 0. The van der Waals surface area contributed by atoms with Crippen molar-refractivity contribution in [1.29, 1.82) is 0 Å². The Bertz CT molecular complexity index is 1280. The summed E-state index contributed by atoms with van der Waals surface area (Å²) < 4.78 is 0. The highest BCUT2D eigenvalue weighted by molar-refractivity contribution is 6.31. The van der Waals surface area contributed by atoms with Crippen molar-refractivity contribution in [2.75, 3.05) is 0 Å². The van der Waals surface area contributed by atoms with Crippen molar-refractivity contribution in [3.05, 3.63) is 111 Å². The van der Waals surface area contributed by atoms with Gasteiger partial charge in [-0.15, -0.1) is 0 Å². The molecule has 4 nitrogen and oxygen atoms in total. The van der Waals surface area contributed by atoms with Crippen molar-refractivity contribution < 1.29 is 4.79 Å². The van der Waals surface area contributed by atoms with E-state index >= 15 is 0 Å². The van der Waals surface area contributed by atoms with Crippen molar-refractivity contribution >= 4 is 17.5 Å². The van der Waals surface area contributed by atoms with Gasteiger partial charge in [-0.1, -0.05) is 90.8 Å². The van der Waals surface area contributed by atoms with Crippen LogP contribution in [0.3, 0.4) is 0 Å². The second-order valence-electron chi connectivity index (χ2n) is 8.25. The first-order valence-electron chi connectivity index (χ1n) is 10.9. The first kappa shape index (κ1) is 20.5. The third-order valence-electron chi connectivity index (χ3n) is 6.19. The van der Waals surface area contributed by atoms with Gasteiger partial charge in [0.2, 0.25) is 0 Å². The van der Waals surface area contributed by atoms with Gasteiger partial charge in [-0.2, -0.15) is 5.10 Å². The number of halogens is 1. The normalized spacial score (nSPS) is 15.3. The van der Waals surface area contributed by atoms with Crippen LogP contribution in [0.15, 0.2) is 72.8 Å². The number of rotatable bonds is 5. The second-order valence-corrected chi connectivity index (χ2v) is 8.66. The fraction of sp³-hybridized carbons (Fsp3) is 0.185. The number of carbonyl (C=O) groups is 1. The molecule has 1 aliphatic heterocycles. The van der Waals surface area contributed by atoms with E-state index in [1.165, 1.54) is 11.1 Å². The molecule has 0 fully saturated rings. The average molecular weight is 442 g/mol. The van der Waals surface area contributed by atoms with Crippen LogP contribution < -0.4 is 0 Å². The molecule has 0 saturated carbocycles. The second kappa shape index (κ2) is 8.29. The van der Waals surface area contributed by atoms with E-state index in [0.29, 0.717) is 17.3 Å². The molecule has 160 valence electrons. The largest absolute Gasteiger partial charge is 0.322 e. The number of carbonyl (C=O) groups excluding carboxylic acids is 1. The molecule has 1 N–H and O–H groups in total. The summed E-state index contributed by atoms with van der Waals surface area (Å²) in [4.78, 5) is 15.4. The van der Waals surface area contributed by atoms with Gasteiger partial charge in [-0.05, 0) is 36.1 Å². The molecule has 0 saturated heterocycles. The minimum absolute atomic E-state index is 0.0599. The average Bonchev–Trinajstić information content (AvgIpc) is 3.35. The number of aromatic amines is 1. The molecule has 2 heterocycles. The predicted octanol–water partition coefficient (Wildman–Crippen LogP) is 6.35. The van der Waals surface area contributed by atoms with Crippen molar-refractivity contribution in [2.24, 2.45) is 0 Å². The molecule has 0 aliphatic carbocycles. The van der Waals surface area contributed by atoms with E-state index in [1.807, 2.05) is 29.2 Å². The van der Waals surface area contributed by atoms with Crippen molar-refractivity contribution in [2.45, 2.75) is 32.9 Å². The van der Waals surface area contributed by atoms with E-state index in [2.05, 4.69) is 72.6 Å². The van der Waals surface area contributed by atoms with E-state index in [-0.39, 0.29) is 11.9 Å². The number of aryl methyl sites for hydroxylation is 2. The van der Waals surface area contributed by atoms with E-state index in [4.69, 9.17) is 11.6 Å². The molecule has 0 spiro atoms. The summed E-state index contributed by atoms with van der Waals surface area (Å²) in [6.07, 6.45) is 0.971. The maximum atomic E-state index is 13.5. The predicted molar refractivity (Wildman–Crippen MR) is 128 cm³/mol. The Kier molecular flexibility index (Phi) is 5.32. The smallest absolute Gasteiger partial charge is 0.273 e. The zero-order valence-corrected chi connectivity index (χ0v) is 18.9. The van der Waals surface area contributed by atoms with Crippen LogP contribution in [0.5, 0.6) is 0 Å². The molecule has 1 atom stereocenters. The lowest BCUT2D eigenvalue weighted by molar-refractivity contribution is 0.0730. The third-order valence-corrected chi connectivity index (χ3v) is 6.56.